The summed E-state index contributed by atoms with van der Waals surface area (Å²) in [5.74, 6) is 0.274. The van der Waals surface area contributed by atoms with Crippen molar-refractivity contribution in [1.29, 1.82) is 0 Å². The Morgan fingerprint density at radius 1 is 1.14 bits per heavy atom. The van der Waals surface area contributed by atoms with Crippen molar-refractivity contribution in [3.8, 4) is 11.1 Å². The van der Waals surface area contributed by atoms with Gasteiger partial charge in [-0.1, -0.05) is 52.7 Å². The van der Waals surface area contributed by atoms with Gasteiger partial charge in [0.05, 0.1) is 5.69 Å². The molecule has 1 atom stereocenters. The van der Waals surface area contributed by atoms with E-state index in [1.54, 1.807) is 4.68 Å². The predicted octanol–water partition coefficient (Wildman–Crippen LogP) is 4.77. The normalized spacial score (nSPS) is 14.5. The molecule has 0 saturated heterocycles. The number of carbonyl (C=O) groups is 1. The van der Waals surface area contributed by atoms with Crippen LogP contribution in [-0.2, 0) is 18.3 Å². The van der Waals surface area contributed by atoms with E-state index in [2.05, 4.69) is 60.6 Å². The van der Waals surface area contributed by atoms with Gasteiger partial charge < -0.3 is 4.79 Å². The topological polar surface area (TPSA) is 47.8 Å². The number of aryl methyl sites for hydroxylation is 4. The van der Waals surface area contributed by atoms with Crippen molar-refractivity contribution in [3.05, 3.63) is 70.5 Å². The van der Waals surface area contributed by atoms with E-state index in [9.17, 15) is 4.79 Å². The molecule has 2 aromatic carbocycles. The monoisotopic (exact) mass is 374 g/mol. The van der Waals surface area contributed by atoms with Crippen LogP contribution in [0.1, 0.15) is 54.5 Å². The Bertz CT molecular complexity index is 1000. The fourth-order valence-electron chi connectivity index (χ4n) is 4.59. The lowest BCUT2D eigenvalue weighted by molar-refractivity contribution is -0.108. The van der Waals surface area contributed by atoms with Crippen LogP contribution < -0.4 is 0 Å². The van der Waals surface area contributed by atoms with Crippen LogP contribution in [0, 0.1) is 19.8 Å². The summed E-state index contributed by atoms with van der Waals surface area (Å²) in [5.41, 5.74) is 8.58. The number of hydrogen-bond donors (Lipinski definition) is 0. The summed E-state index contributed by atoms with van der Waals surface area (Å²) >= 11 is 0. The van der Waals surface area contributed by atoms with Gasteiger partial charge in [-0.2, -0.15) is 0 Å². The molecule has 0 aliphatic heterocycles. The molecule has 28 heavy (non-hydrogen) atoms. The van der Waals surface area contributed by atoms with Gasteiger partial charge in [-0.05, 0) is 61.3 Å². The minimum Gasteiger partial charge on any atom is -0.303 e. The molecule has 4 nitrogen and oxygen atoms in total. The third kappa shape index (κ3) is 3.51. The molecule has 0 saturated carbocycles. The molecule has 1 aromatic heterocycles. The number of benzene rings is 2. The third-order valence-electron chi connectivity index (χ3n) is 5.85. The van der Waals surface area contributed by atoms with Crippen molar-refractivity contribution in [2.75, 3.05) is 0 Å². The zero-order valence-electron chi connectivity index (χ0n) is 17.8. The molecular formula is C24H27N3O. The SMILES string of the molecule is [2H]C(=O)CC(CCCc1cn(C)nn1)C1c2cc(C)ccc2-c2ccc(C)cc21. The van der Waals surface area contributed by atoms with Gasteiger partial charge in [0.15, 0.2) is 0 Å². The number of rotatable bonds is 7. The molecule has 4 rings (SSSR count). The lowest BCUT2D eigenvalue weighted by Crippen LogP contribution is -2.14. The zero-order valence-corrected chi connectivity index (χ0v) is 16.8. The molecule has 0 spiro atoms. The van der Waals surface area contributed by atoms with E-state index in [0.717, 1.165) is 25.0 Å². The number of fused-ring (bicyclic) bond motifs is 3. The second kappa shape index (κ2) is 7.70. The molecule has 0 amide bonds. The maximum absolute atomic E-state index is 11.8. The molecule has 144 valence electrons. The van der Waals surface area contributed by atoms with Crippen LogP contribution in [0.2, 0.25) is 0 Å². The minimum atomic E-state index is -0.482. The Morgan fingerprint density at radius 3 is 2.32 bits per heavy atom. The standard InChI is InChI=1S/C24H27N3O/c1-16-7-9-20-21-10-8-17(2)14-23(21)24(22(20)13-16)18(11-12-28)5-4-6-19-15-27(3)26-25-19/h7-10,12-15,18,24H,4-6,11H2,1-3H3/i12D. The molecular weight excluding hydrogens is 346 g/mol. The van der Waals surface area contributed by atoms with Crippen LogP contribution in [0.4, 0.5) is 0 Å². The van der Waals surface area contributed by atoms with Crippen molar-refractivity contribution in [3.63, 3.8) is 0 Å². The lowest BCUT2D eigenvalue weighted by Gasteiger charge is -2.24. The quantitative estimate of drug-likeness (QED) is 0.560. The van der Waals surface area contributed by atoms with E-state index in [1.807, 2.05) is 13.2 Å². The average molecular weight is 375 g/mol. The Hall–Kier alpha value is -2.75. The molecule has 0 bridgehead atoms. The second-order valence-electron chi connectivity index (χ2n) is 8.04. The first kappa shape index (κ1) is 17.4. The van der Waals surface area contributed by atoms with Crippen LogP contribution in [0.25, 0.3) is 11.1 Å². The van der Waals surface area contributed by atoms with E-state index in [1.165, 1.54) is 33.4 Å². The summed E-state index contributed by atoms with van der Waals surface area (Å²) in [6.45, 7) is 4.23. The highest BCUT2D eigenvalue weighted by Gasteiger charge is 2.34. The van der Waals surface area contributed by atoms with Crippen molar-refractivity contribution in [2.24, 2.45) is 13.0 Å². The van der Waals surface area contributed by atoms with Crippen LogP contribution in [0.5, 0.6) is 0 Å². The van der Waals surface area contributed by atoms with E-state index in [0.29, 0.717) is 0 Å². The molecule has 3 aromatic rings. The van der Waals surface area contributed by atoms with E-state index >= 15 is 0 Å². The summed E-state index contributed by atoms with van der Waals surface area (Å²) in [6.07, 6.45) is 4.39. The molecule has 0 N–H and O–H groups in total. The fourth-order valence-corrected chi connectivity index (χ4v) is 4.59. The van der Waals surface area contributed by atoms with Crippen LogP contribution in [0.15, 0.2) is 42.6 Å². The third-order valence-corrected chi connectivity index (χ3v) is 5.85. The smallest absolute Gasteiger partial charge is 0.120 e. The summed E-state index contributed by atoms with van der Waals surface area (Å²) in [6, 6.07) is 13.3. The van der Waals surface area contributed by atoms with Gasteiger partial charge in [0, 0.05) is 25.6 Å². The highest BCUT2D eigenvalue weighted by Crippen LogP contribution is 2.50. The molecule has 0 fully saturated rings. The maximum atomic E-state index is 11.8. The first-order valence-corrected chi connectivity index (χ1v) is 9.98. The van der Waals surface area contributed by atoms with Crippen molar-refractivity contribution in [2.45, 2.75) is 45.4 Å². The van der Waals surface area contributed by atoms with Gasteiger partial charge in [-0.25, -0.2) is 0 Å². The van der Waals surface area contributed by atoms with Gasteiger partial charge >= 0.3 is 0 Å². The van der Waals surface area contributed by atoms with Gasteiger partial charge in [0.1, 0.15) is 7.63 Å². The number of nitrogens with zero attached hydrogens (tertiary/aromatic N) is 3. The van der Waals surface area contributed by atoms with E-state index in [-0.39, 0.29) is 18.3 Å². The number of hydrogen-bond acceptors (Lipinski definition) is 3. The first-order chi connectivity index (χ1) is 13.9. The summed E-state index contributed by atoms with van der Waals surface area (Å²) in [5, 5.41) is 8.18. The van der Waals surface area contributed by atoms with Gasteiger partial charge in [-0.15, -0.1) is 5.10 Å². The highest BCUT2D eigenvalue weighted by atomic mass is 16.1. The number of carbonyl (C=O) groups excluding carboxylic acids is 1. The molecule has 4 heteroatoms. The Morgan fingerprint density at radius 2 is 1.79 bits per heavy atom. The molecule has 1 unspecified atom stereocenters. The zero-order chi connectivity index (χ0) is 20.5. The van der Waals surface area contributed by atoms with E-state index < -0.39 is 6.26 Å². The largest absolute Gasteiger partial charge is 0.303 e. The number of aromatic nitrogens is 3. The fraction of sp³-hybridized carbons (Fsp3) is 0.375. The van der Waals surface area contributed by atoms with E-state index in [4.69, 9.17) is 1.37 Å². The van der Waals surface area contributed by atoms with Gasteiger partial charge in [0.25, 0.3) is 0 Å². The average Bonchev–Trinajstić information content (AvgIpc) is 3.20. The van der Waals surface area contributed by atoms with Gasteiger partial charge in [-0.3, -0.25) is 4.68 Å². The minimum absolute atomic E-state index is 0.111. The molecule has 0 radical (unpaired) electrons. The summed E-state index contributed by atoms with van der Waals surface area (Å²) < 4.78 is 9.38. The highest BCUT2D eigenvalue weighted by molar-refractivity contribution is 5.79. The number of aldehydes is 1. The molecule has 1 heterocycles. The molecule has 1 aliphatic rings. The Labute approximate surface area is 168 Å². The second-order valence-corrected chi connectivity index (χ2v) is 8.04. The summed E-state index contributed by atoms with van der Waals surface area (Å²) in [4.78, 5) is 11.8. The van der Waals surface area contributed by atoms with Crippen LogP contribution in [0.3, 0.4) is 0 Å². The first-order valence-electron chi connectivity index (χ1n) is 10.5. The van der Waals surface area contributed by atoms with Crippen molar-refractivity contribution >= 4 is 6.26 Å². The van der Waals surface area contributed by atoms with Crippen molar-refractivity contribution in [1.82, 2.24) is 15.0 Å². The predicted molar refractivity (Wildman–Crippen MR) is 111 cm³/mol. The molecule has 1 aliphatic carbocycles. The van der Waals surface area contributed by atoms with Crippen molar-refractivity contribution < 1.29 is 6.17 Å². The van der Waals surface area contributed by atoms with Crippen LogP contribution >= 0.6 is 0 Å². The van der Waals surface area contributed by atoms with Crippen LogP contribution in [-0.4, -0.2) is 21.3 Å². The maximum Gasteiger partial charge on any atom is 0.120 e. The van der Waals surface area contributed by atoms with Gasteiger partial charge in [0.2, 0.25) is 0 Å². The lowest BCUT2D eigenvalue weighted by atomic mass is 9.79. The Balaban J connectivity index is 1.66. The Kier molecular flexibility index (Phi) is 4.78. The summed E-state index contributed by atoms with van der Waals surface area (Å²) in [7, 11) is 1.87.